The van der Waals surface area contributed by atoms with Crippen LogP contribution in [0, 0.1) is 5.82 Å². The molecule has 27 heavy (non-hydrogen) atoms. The smallest absolute Gasteiger partial charge is 0.331 e. The standard InChI is InChI=1S/C16H16ClFN2O6S/c1-9(8-27(2,25)26)20-15(23)11(6-19(16(20)24)7-13(21)22)10-4-3-5-12(18)14(10)17/h3-6,9H,7-8H2,1-2H3,(H,21,22). The third-order valence-corrected chi connectivity index (χ3v) is 5.19. The summed E-state index contributed by atoms with van der Waals surface area (Å²) in [6.07, 6.45) is 1.92. The Balaban J connectivity index is 2.84. The molecule has 11 heteroatoms. The number of carboxylic acid groups (broad SMARTS) is 1. The summed E-state index contributed by atoms with van der Waals surface area (Å²) < 4.78 is 38.3. The molecule has 8 nitrogen and oxygen atoms in total. The summed E-state index contributed by atoms with van der Waals surface area (Å²) >= 11 is 5.91. The van der Waals surface area contributed by atoms with E-state index in [1.54, 1.807) is 0 Å². The Labute approximate surface area is 158 Å². The van der Waals surface area contributed by atoms with Crippen LogP contribution in [-0.2, 0) is 21.2 Å². The highest BCUT2D eigenvalue weighted by molar-refractivity contribution is 7.90. The molecule has 0 aliphatic carbocycles. The SMILES string of the molecule is CC(CS(C)(=O)=O)n1c(=O)c(-c2cccc(F)c2Cl)cn(CC(=O)O)c1=O. The van der Waals surface area contributed by atoms with E-state index in [2.05, 4.69) is 0 Å². The molecule has 1 aromatic carbocycles. The molecule has 0 aliphatic rings. The number of rotatable bonds is 6. The van der Waals surface area contributed by atoms with E-state index in [0.717, 1.165) is 23.1 Å². The number of benzene rings is 1. The number of nitrogens with zero attached hydrogens (tertiary/aromatic N) is 2. The Bertz CT molecular complexity index is 1120. The van der Waals surface area contributed by atoms with Gasteiger partial charge in [0.1, 0.15) is 22.2 Å². The molecule has 0 amide bonds. The average Bonchev–Trinajstić information content (AvgIpc) is 2.51. The van der Waals surface area contributed by atoms with E-state index in [4.69, 9.17) is 16.7 Å². The molecule has 1 atom stereocenters. The number of hydrogen-bond donors (Lipinski definition) is 1. The highest BCUT2D eigenvalue weighted by Crippen LogP contribution is 2.27. The second-order valence-electron chi connectivity index (χ2n) is 6.06. The quantitative estimate of drug-likeness (QED) is 0.752. The highest BCUT2D eigenvalue weighted by Gasteiger charge is 2.22. The van der Waals surface area contributed by atoms with E-state index in [0.29, 0.717) is 4.57 Å². The molecule has 0 aliphatic heterocycles. The van der Waals surface area contributed by atoms with Gasteiger partial charge in [0.2, 0.25) is 0 Å². The van der Waals surface area contributed by atoms with Crippen molar-refractivity contribution in [2.75, 3.05) is 12.0 Å². The predicted octanol–water partition coefficient (Wildman–Crippen LogP) is 1.16. The summed E-state index contributed by atoms with van der Waals surface area (Å²) in [5.74, 6) is -2.68. The molecule has 0 radical (unpaired) electrons. The van der Waals surface area contributed by atoms with Gasteiger partial charge in [-0.1, -0.05) is 23.7 Å². The summed E-state index contributed by atoms with van der Waals surface area (Å²) in [7, 11) is -3.54. The lowest BCUT2D eigenvalue weighted by molar-refractivity contribution is -0.137. The number of sulfone groups is 1. The van der Waals surface area contributed by atoms with Crippen molar-refractivity contribution in [1.82, 2.24) is 9.13 Å². The molecular weight excluding hydrogens is 403 g/mol. The lowest BCUT2D eigenvalue weighted by atomic mass is 10.1. The van der Waals surface area contributed by atoms with Crippen molar-refractivity contribution in [3.05, 3.63) is 56.1 Å². The molecule has 146 valence electrons. The van der Waals surface area contributed by atoms with Gasteiger partial charge in [0.25, 0.3) is 5.56 Å². The zero-order valence-electron chi connectivity index (χ0n) is 14.3. The molecule has 0 fully saturated rings. The van der Waals surface area contributed by atoms with Gasteiger partial charge < -0.3 is 5.11 Å². The van der Waals surface area contributed by atoms with Crippen LogP contribution in [0.1, 0.15) is 13.0 Å². The van der Waals surface area contributed by atoms with Gasteiger partial charge in [-0.25, -0.2) is 17.6 Å². The van der Waals surface area contributed by atoms with E-state index in [-0.39, 0.29) is 16.1 Å². The van der Waals surface area contributed by atoms with Gasteiger partial charge in [0, 0.05) is 18.0 Å². The van der Waals surface area contributed by atoms with E-state index >= 15 is 0 Å². The first-order chi connectivity index (χ1) is 12.4. The van der Waals surface area contributed by atoms with Gasteiger partial charge in [0.15, 0.2) is 0 Å². The fourth-order valence-electron chi connectivity index (χ4n) is 2.68. The zero-order valence-corrected chi connectivity index (χ0v) is 15.9. The minimum atomic E-state index is -3.54. The van der Waals surface area contributed by atoms with Gasteiger partial charge in [0.05, 0.1) is 22.4 Å². The molecule has 2 aromatic rings. The first-order valence-corrected chi connectivity index (χ1v) is 10.1. The number of carbonyl (C=O) groups is 1. The number of aromatic nitrogens is 2. The van der Waals surface area contributed by atoms with E-state index in [1.807, 2.05) is 0 Å². The van der Waals surface area contributed by atoms with Crippen LogP contribution in [0.25, 0.3) is 11.1 Å². The van der Waals surface area contributed by atoms with Gasteiger partial charge in [-0.2, -0.15) is 0 Å². The van der Waals surface area contributed by atoms with E-state index < -0.39 is 51.2 Å². The Morgan fingerprint density at radius 3 is 2.48 bits per heavy atom. The molecule has 0 spiro atoms. The minimum Gasteiger partial charge on any atom is -0.480 e. The first kappa shape index (κ1) is 20.8. The first-order valence-electron chi connectivity index (χ1n) is 7.62. The Morgan fingerprint density at radius 2 is 1.93 bits per heavy atom. The number of carboxylic acids is 1. The van der Waals surface area contributed by atoms with Crippen LogP contribution in [0.3, 0.4) is 0 Å². The van der Waals surface area contributed by atoms with Gasteiger partial charge in [-0.15, -0.1) is 0 Å². The van der Waals surface area contributed by atoms with Crippen molar-refractivity contribution in [1.29, 1.82) is 0 Å². The second kappa shape index (κ2) is 7.65. The molecular formula is C16H16ClFN2O6S. The third kappa shape index (κ3) is 4.64. The van der Waals surface area contributed by atoms with E-state index in [9.17, 15) is 27.2 Å². The fraction of sp³-hybridized carbons (Fsp3) is 0.312. The molecule has 1 N–H and O–H groups in total. The summed E-state index contributed by atoms with van der Waals surface area (Å²) in [4.78, 5) is 36.4. The largest absolute Gasteiger partial charge is 0.480 e. The lowest BCUT2D eigenvalue weighted by Crippen LogP contribution is -2.44. The number of aliphatic carboxylic acids is 1. The minimum absolute atomic E-state index is 0.0406. The van der Waals surface area contributed by atoms with Crippen LogP contribution in [0.2, 0.25) is 5.02 Å². The van der Waals surface area contributed by atoms with Crippen LogP contribution < -0.4 is 11.2 Å². The molecule has 1 heterocycles. The van der Waals surface area contributed by atoms with Crippen molar-refractivity contribution in [2.24, 2.45) is 0 Å². The molecule has 1 unspecified atom stereocenters. The fourth-order valence-corrected chi connectivity index (χ4v) is 3.93. The summed E-state index contributed by atoms with van der Waals surface area (Å²) in [6.45, 7) is 0.566. The Hall–Kier alpha value is -2.46. The topological polar surface area (TPSA) is 115 Å². The van der Waals surface area contributed by atoms with Gasteiger partial charge >= 0.3 is 11.7 Å². The van der Waals surface area contributed by atoms with Crippen LogP contribution in [0.5, 0.6) is 0 Å². The normalized spacial score (nSPS) is 12.7. The predicted molar refractivity (Wildman–Crippen MR) is 97.4 cm³/mol. The van der Waals surface area contributed by atoms with Crippen molar-refractivity contribution < 1.29 is 22.7 Å². The Morgan fingerprint density at radius 1 is 1.30 bits per heavy atom. The van der Waals surface area contributed by atoms with Crippen molar-refractivity contribution in [3.8, 4) is 11.1 Å². The maximum absolute atomic E-state index is 13.8. The Kier molecular flexibility index (Phi) is 5.91. The lowest BCUT2D eigenvalue weighted by Gasteiger charge is -2.17. The molecule has 2 rings (SSSR count). The number of hydrogen-bond acceptors (Lipinski definition) is 5. The third-order valence-electron chi connectivity index (χ3n) is 3.72. The van der Waals surface area contributed by atoms with Gasteiger partial charge in [-0.05, 0) is 13.0 Å². The van der Waals surface area contributed by atoms with Gasteiger partial charge in [-0.3, -0.25) is 18.7 Å². The van der Waals surface area contributed by atoms with Crippen LogP contribution in [0.4, 0.5) is 4.39 Å². The van der Waals surface area contributed by atoms with E-state index in [1.165, 1.54) is 19.1 Å². The summed E-state index contributed by atoms with van der Waals surface area (Å²) in [5, 5.41) is 8.63. The van der Waals surface area contributed by atoms with Crippen LogP contribution in [-0.4, -0.2) is 40.6 Å². The molecule has 0 saturated carbocycles. The molecule has 0 saturated heterocycles. The van der Waals surface area contributed by atoms with Crippen LogP contribution >= 0.6 is 11.6 Å². The zero-order chi connectivity index (χ0) is 20.5. The van der Waals surface area contributed by atoms with Crippen LogP contribution in [0.15, 0.2) is 34.0 Å². The molecule has 0 bridgehead atoms. The second-order valence-corrected chi connectivity index (χ2v) is 8.63. The van der Waals surface area contributed by atoms with Crippen molar-refractivity contribution in [3.63, 3.8) is 0 Å². The average molecular weight is 419 g/mol. The molecule has 1 aromatic heterocycles. The maximum atomic E-state index is 13.8. The van der Waals surface area contributed by atoms with Crippen molar-refractivity contribution >= 4 is 27.4 Å². The van der Waals surface area contributed by atoms with Crippen molar-refractivity contribution in [2.45, 2.75) is 19.5 Å². The number of halogens is 2. The highest BCUT2D eigenvalue weighted by atomic mass is 35.5. The monoisotopic (exact) mass is 418 g/mol. The summed E-state index contributed by atoms with van der Waals surface area (Å²) in [6, 6.07) is 2.63. The summed E-state index contributed by atoms with van der Waals surface area (Å²) in [5.41, 5.74) is -2.15. The maximum Gasteiger partial charge on any atom is 0.331 e.